The van der Waals surface area contributed by atoms with Crippen LogP contribution >= 0.6 is 0 Å². The maximum atomic E-state index is 13.0. The number of carbonyl (C=O) groups excluding carboxylic acids is 1. The standard InChI is InChI=1S/C17H17FN2O2/c1-12-6-7-13(2)16(8-12)22-11-17(21)20-19-10-14-4-3-5-15(18)9-14/h3-10H,11H2,1-2H3,(H,20,21)/b19-10-. The first-order valence-corrected chi connectivity index (χ1v) is 6.82. The number of hydrogen-bond donors (Lipinski definition) is 1. The van der Waals surface area contributed by atoms with E-state index in [-0.39, 0.29) is 18.3 Å². The maximum Gasteiger partial charge on any atom is 0.277 e. The molecule has 0 heterocycles. The smallest absolute Gasteiger partial charge is 0.277 e. The molecule has 2 rings (SSSR count). The molecule has 1 N–H and O–H groups in total. The lowest BCUT2D eigenvalue weighted by molar-refractivity contribution is -0.123. The first kappa shape index (κ1) is 15.7. The summed E-state index contributed by atoms with van der Waals surface area (Å²) in [6.07, 6.45) is 1.37. The van der Waals surface area contributed by atoms with Crippen molar-refractivity contribution in [2.45, 2.75) is 13.8 Å². The molecule has 0 spiro atoms. The number of rotatable bonds is 5. The van der Waals surface area contributed by atoms with E-state index in [9.17, 15) is 9.18 Å². The molecule has 114 valence electrons. The molecule has 22 heavy (non-hydrogen) atoms. The Balaban J connectivity index is 1.84. The number of hydrazone groups is 1. The maximum absolute atomic E-state index is 13.0. The van der Waals surface area contributed by atoms with E-state index in [0.29, 0.717) is 11.3 Å². The van der Waals surface area contributed by atoms with Crippen molar-refractivity contribution in [1.82, 2.24) is 5.43 Å². The molecule has 2 aromatic carbocycles. The van der Waals surface area contributed by atoms with Crippen LogP contribution in [0.1, 0.15) is 16.7 Å². The Morgan fingerprint density at radius 2 is 2.09 bits per heavy atom. The number of nitrogens with one attached hydrogen (secondary N) is 1. The van der Waals surface area contributed by atoms with Gasteiger partial charge >= 0.3 is 0 Å². The van der Waals surface area contributed by atoms with Crippen LogP contribution in [0.5, 0.6) is 5.75 Å². The van der Waals surface area contributed by atoms with Gasteiger partial charge in [-0.2, -0.15) is 5.10 Å². The third-order valence-corrected chi connectivity index (χ3v) is 2.95. The van der Waals surface area contributed by atoms with Gasteiger partial charge in [0.1, 0.15) is 11.6 Å². The molecule has 0 fully saturated rings. The number of benzene rings is 2. The summed E-state index contributed by atoms with van der Waals surface area (Å²) in [6, 6.07) is 11.7. The molecule has 5 heteroatoms. The Hall–Kier alpha value is -2.69. The third kappa shape index (κ3) is 4.70. The number of halogens is 1. The minimum absolute atomic E-state index is 0.134. The van der Waals surface area contributed by atoms with E-state index in [0.717, 1.165) is 11.1 Å². The minimum Gasteiger partial charge on any atom is -0.483 e. The largest absolute Gasteiger partial charge is 0.483 e. The van der Waals surface area contributed by atoms with Crippen LogP contribution in [-0.4, -0.2) is 18.7 Å². The molecule has 0 aliphatic heterocycles. The van der Waals surface area contributed by atoms with Crippen molar-refractivity contribution in [2.24, 2.45) is 5.10 Å². The fourth-order valence-corrected chi connectivity index (χ4v) is 1.80. The second-order valence-corrected chi connectivity index (χ2v) is 4.91. The Labute approximate surface area is 128 Å². The van der Waals surface area contributed by atoms with Crippen LogP contribution < -0.4 is 10.2 Å². The van der Waals surface area contributed by atoms with Crippen LogP contribution in [0.25, 0.3) is 0 Å². The molecule has 0 saturated heterocycles. The van der Waals surface area contributed by atoms with E-state index < -0.39 is 0 Å². The number of nitrogens with zero attached hydrogens (tertiary/aromatic N) is 1. The Morgan fingerprint density at radius 1 is 1.27 bits per heavy atom. The Morgan fingerprint density at radius 3 is 2.86 bits per heavy atom. The molecular weight excluding hydrogens is 283 g/mol. The molecule has 0 unspecified atom stereocenters. The molecule has 0 atom stereocenters. The van der Waals surface area contributed by atoms with Crippen LogP contribution in [0, 0.1) is 19.7 Å². The Kier molecular flexibility index (Phi) is 5.25. The highest BCUT2D eigenvalue weighted by atomic mass is 19.1. The fraction of sp³-hybridized carbons (Fsp3) is 0.176. The monoisotopic (exact) mass is 300 g/mol. The molecule has 0 saturated carbocycles. The van der Waals surface area contributed by atoms with Gasteiger partial charge in [0.05, 0.1) is 6.21 Å². The van der Waals surface area contributed by atoms with E-state index in [1.54, 1.807) is 12.1 Å². The van der Waals surface area contributed by atoms with Crippen LogP contribution in [0.3, 0.4) is 0 Å². The fourth-order valence-electron chi connectivity index (χ4n) is 1.80. The van der Waals surface area contributed by atoms with Gasteiger partial charge in [-0.25, -0.2) is 9.82 Å². The highest BCUT2D eigenvalue weighted by molar-refractivity contribution is 5.82. The van der Waals surface area contributed by atoms with Crippen molar-refractivity contribution in [3.05, 3.63) is 65.0 Å². The molecule has 0 aliphatic carbocycles. The molecule has 1 amide bonds. The van der Waals surface area contributed by atoms with Crippen molar-refractivity contribution < 1.29 is 13.9 Å². The first-order chi connectivity index (χ1) is 10.5. The van der Waals surface area contributed by atoms with Crippen molar-refractivity contribution in [3.8, 4) is 5.75 Å². The summed E-state index contributed by atoms with van der Waals surface area (Å²) in [5, 5.41) is 3.76. The number of carbonyl (C=O) groups is 1. The normalized spacial score (nSPS) is 10.7. The van der Waals surface area contributed by atoms with Gasteiger partial charge in [0.25, 0.3) is 5.91 Å². The molecular formula is C17H17FN2O2. The molecule has 0 aliphatic rings. The number of amides is 1. The molecule has 0 bridgehead atoms. The summed E-state index contributed by atoms with van der Waals surface area (Å²) < 4.78 is 18.4. The van der Waals surface area contributed by atoms with Gasteiger partial charge in [-0.05, 0) is 48.7 Å². The van der Waals surface area contributed by atoms with Crippen molar-refractivity contribution in [3.63, 3.8) is 0 Å². The van der Waals surface area contributed by atoms with E-state index in [2.05, 4.69) is 10.5 Å². The second kappa shape index (κ2) is 7.36. The van der Waals surface area contributed by atoms with E-state index in [1.807, 2.05) is 32.0 Å². The summed E-state index contributed by atoms with van der Waals surface area (Å²) in [4.78, 5) is 11.6. The second-order valence-electron chi connectivity index (χ2n) is 4.91. The van der Waals surface area contributed by atoms with Gasteiger partial charge < -0.3 is 4.74 Å². The van der Waals surface area contributed by atoms with Crippen molar-refractivity contribution in [2.75, 3.05) is 6.61 Å². The molecule has 0 radical (unpaired) electrons. The van der Waals surface area contributed by atoms with Gasteiger partial charge in [0.2, 0.25) is 0 Å². The van der Waals surface area contributed by atoms with E-state index in [4.69, 9.17) is 4.74 Å². The predicted molar refractivity (Wildman–Crippen MR) is 83.5 cm³/mol. The summed E-state index contributed by atoms with van der Waals surface area (Å²) in [5.74, 6) is -0.0636. The van der Waals surface area contributed by atoms with Gasteiger partial charge in [-0.3, -0.25) is 4.79 Å². The molecule has 0 aromatic heterocycles. The zero-order valence-electron chi connectivity index (χ0n) is 12.5. The van der Waals surface area contributed by atoms with Gasteiger partial charge in [0, 0.05) is 0 Å². The summed E-state index contributed by atoms with van der Waals surface area (Å²) in [6.45, 7) is 3.73. The minimum atomic E-state index is -0.381. The van der Waals surface area contributed by atoms with Gasteiger partial charge in [-0.1, -0.05) is 24.3 Å². The lowest BCUT2D eigenvalue weighted by Crippen LogP contribution is -2.24. The van der Waals surface area contributed by atoms with Gasteiger partial charge in [-0.15, -0.1) is 0 Å². The SMILES string of the molecule is Cc1ccc(C)c(OCC(=O)N/N=C\c2cccc(F)c2)c1. The first-order valence-electron chi connectivity index (χ1n) is 6.82. The number of ether oxygens (including phenoxy) is 1. The van der Waals surface area contributed by atoms with E-state index >= 15 is 0 Å². The van der Waals surface area contributed by atoms with Crippen LogP contribution in [-0.2, 0) is 4.79 Å². The molecule has 4 nitrogen and oxygen atoms in total. The summed E-state index contributed by atoms with van der Waals surface area (Å²) in [7, 11) is 0. The third-order valence-electron chi connectivity index (χ3n) is 2.95. The number of aryl methyl sites for hydroxylation is 2. The molecule has 2 aromatic rings. The summed E-state index contributed by atoms with van der Waals surface area (Å²) in [5.41, 5.74) is 4.92. The predicted octanol–water partition coefficient (Wildman–Crippen LogP) is 2.97. The van der Waals surface area contributed by atoms with Crippen LogP contribution in [0.4, 0.5) is 4.39 Å². The quantitative estimate of drug-likeness (QED) is 0.682. The zero-order chi connectivity index (χ0) is 15.9. The lowest BCUT2D eigenvalue weighted by Gasteiger charge is -2.08. The van der Waals surface area contributed by atoms with Crippen molar-refractivity contribution >= 4 is 12.1 Å². The highest BCUT2D eigenvalue weighted by Gasteiger charge is 2.04. The average molecular weight is 300 g/mol. The lowest BCUT2D eigenvalue weighted by atomic mass is 10.1. The number of hydrogen-bond acceptors (Lipinski definition) is 3. The van der Waals surface area contributed by atoms with Crippen LogP contribution in [0.2, 0.25) is 0 Å². The van der Waals surface area contributed by atoms with E-state index in [1.165, 1.54) is 18.3 Å². The Bertz CT molecular complexity index is 699. The highest BCUT2D eigenvalue weighted by Crippen LogP contribution is 2.18. The topological polar surface area (TPSA) is 50.7 Å². The van der Waals surface area contributed by atoms with Gasteiger partial charge in [0.15, 0.2) is 6.61 Å². The average Bonchev–Trinajstić information content (AvgIpc) is 2.48. The summed E-state index contributed by atoms with van der Waals surface area (Å²) >= 11 is 0. The van der Waals surface area contributed by atoms with Crippen molar-refractivity contribution in [1.29, 1.82) is 0 Å². The van der Waals surface area contributed by atoms with Crippen LogP contribution in [0.15, 0.2) is 47.6 Å². The zero-order valence-corrected chi connectivity index (χ0v) is 12.5.